The molecule has 3 aromatic rings. The van der Waals surface area contributed by atoms with Crippen LogP contribution in [0.4, 0.5) is 5.69 Å². The molecule has 0 aliphatic rings. The second-order valence-corrected chi connectivity index (χ2v) is 5.55. The molecule has 24 heavy (non-hydrogen) atoms. The fraction of sp³-hybridized carbons (Fsp3) is 0.0556. The van der Waals surface area contributed by atoms with Crippen molar-refractivity contribution in [3.05, 3.63) is 81.4 Å². The first kappa shape index (κ1) is 16.0. The molecular formula is C18H12ClNO4. The Morgan fingerprint density at radius 1 is 1.04 bits per heavy atom. The van der Waals surface area contributed by atoms with Gasteiger partial charge in [-0.05, 0) is 22.9 Å². The summed E-state index contributed by atoms with van der Waals surface area (Å²) in [7, 11) is 0. The number of halogens is 1. The number of Topliss-reactive ketones (excluding diaryl/α,β-unsaturated/α-hetero) is 1. The summed E-state index contributed by atoms with van der Waals surface area (Å²) in [6, 6.07) is 17.0. The van der Waals surface area contributed by atoms with Crippen LogP contribution in [-0.4, -0.2) is 17.3 Å². The molecule has 6 heteroatoms. The predicted molar refractivity (Wildman–Crippen MR) is 91.9 cm³/mol. The van der Waals surface area contributed by atoms with Crippen LogP contribution in [0.3, 0.4) is 0 Å². The molecule has 0 aromatic heterocycles. The smallest absolute Gasteiger partial charge is 0.271 e. The summed E-state index contributed by atoms with van der Waals surface area (Å²) in [5.41, 5.74) is 0.403. The first-order valence-corrected chi connectivity index (χ1v) is 7.51. The van der Waals surface area contributed by atoms with Crippen LogP contribution in [0.1, 0.15) is 10.4 Å². The normalized spacial score (nSPS) is 10.5. The first-order chi connectivity index (χ1) is 11.5. The predicted octanol–water partition coefficient (Wildman–Crippen LogP) is 4.66. The van der Waals surface area contributed by atoms with E-state index < -0.39 is 4.92 Å². The average molecular weight is 342 g/mol. The summed E-state index contributed by atoms with van der Waals surface area (Å²) in [5, 5.41) is 12.8. The summed E-state index contributed by atoms with van der Waals surface area (Å²) in [6.45, 7) is -0.199. The van der Waals surface area contributed by atoms with Crippen molar-refractivity contribution in [1.82, 2.24) is 0 Å². The summed E-state index contributed by atoms with van der Waals surface area (Å²) in [6.07, 6.45) is 0. The van der Waals surface area contributed by atoms with E-state index in [2.05, 4.69) is 0 Å². The third-order valence-corrected chi connectivity index (χ3v) is 3.85. The van der Waals surface area contributed by atoms with Gasteiger partial charge in [-0.15, -0.1) is 0 Å². The zero-order chi connectivity index (χ0) is 17.1. The van der Waals surface area contributed by atoms with Crippen LogP contribution in [0.5, 0.6) is 5.75 Å². The molecule has 0 aliphatic carbocycles. The van der Waals surface area contributed by atoms with Crippen molar-refractivity contribution in [3.63, 3.8) is 0 Å². The van der Waals surface area contributed by atoms with Gasteiger partial charge in [0.1, 0.15) is 5.75 Å². The molecule has 0 saturated carbocycles. The van der Waals surface area contributed by atoms with Gasteiger partial charge in [-0.2, -0.15) is 0 Å². The van der Waals surface area contributed by atoms with E-state index in [4.69, 9.17) is 16.3 Å². The molecule has 120 valence electrons. The van der Waals surface area contributed by atoms with E-state index in [0.717, 1.165) is 10.8 Å². The standard InChI is InChI=1S/C18H12ClNO4/c19-16-10-15(20(22)23)7-8-18(16)24-11-17(21)14-6-5-12-3-1-2-4-13(12)9-14/h1-10H,11H2. The Bertz CT molecular complexity index is 939. The van der Waals surface area contributed by atoms with E-state index in [1.165, 1.54) is 18.2 Å². The molecule has 0 unspecified atom stereocenters. The molecule has 0 bridgehead atoms. The molecule has 0 atom stereocenters. The molecule has 5 nitrogen and oxygen atoms in total. The van der Waals surface area contributed by atoms with Gasteiger partial charge in [-0.1, -0.05) is 48.0 Å². The molecule has 0 radical (unpaired) electrons. The van der Waals surface area contributed by atoms with Crippen molar-refractivity contribution >= 4 is 33.8 Å². The Morgan fingerprint density at radius 3 is 2.50 bits per heavy atom. The first-order valence-electron chi connectivity index (χ1n) is 7.13. The number of carbonyl (C=O) groups is 1. The number of rotatable bonds is 5. The topological polar surface area (TPSA) is 69.4 Å². The Hall–Kier alpha value is -2.92. The maximum absolute atomic E-state index is 12.3. The van der Waals surface area contributed by atoms with Gasteiger partial charge in [0.15, 0.2) is 12.4 Å². The minimum atomic E-state index is -0.546. The molecule has 3 rings (SSSR count). The third kappa shape index (κ3) is 3.36. The molecule has 0 N–H and O–H groups in total. The molecule has 0 fully saturated rings. The highest BCUT2D eigenvalue weighted by molar-refractivity contribution is 6.32. The maximum Gasteiger partial charge on any atom is 0.271 e. The number of benzene rings is 3. The Balaban J connectivity index is 1.73. The second-order valence-electron chi connectivity index (χ2n) is 5.15. The van der Waals surface area contributed by atoms with Crippen LogP contribution in [0, 0.1) is 10.1 Å². The number of ketones is 1. The lowest BCUT2D eigenvalue weighted by Gasteiger charge is -2.08. The Labute approximate surface area is 142 Å². The third-order valence-electron chi connectivity index (χ3n) is 3.56. The van der Waals surface area contributed by atoms with E-state index in [0.29, 0.717) is 5.56 Å². The van der Waals surface area contributed by atoms with Crippen LogP contribution < -0.4 is 4.74 Å². The van der Waals surface area contributed by atoms with E-state index in [9.17, 15) is 14.9 Å². The van der Waals surface area contributed by atoms with Gasteiger partial charge in [0.25, 0.3) is 5.69 Å². The van der Waals surface area contributed by atoms with Gasteiger partial charge < -0.3 is 4.74 Å². The van der Waals surface area contributed by atoms with Crippen molar-refractivity contribution in [3.8, 4) is 5.75 Å². The molecule has 0 heterocycles. The average Bonchev–Trinajstić information content (AvgIpc) is 2.59. The van der Waals surface area contributed by atoms with Crippen molar-refractivity contribution in [1.29, 1.82) is 0 Å². The summed E-state index contributed by atoms with van der Waals surface area (Å²) >= 11 is 5.94. The van der Waals surface area contributed by atoms with Crippen LogP contribution >= 0.6 is 11.6 Å². The lowest BCUT2D eigenvalue weighted by Crippen LogP contribution is -2.11. The van der Waals surface area contributed by atoms with Crippen molar-refractivity contribution < 1.29 is 14.5 Å². The monoisotopic (exact) mass is 341 g/mol. The summed E-state index contributed by atoms with van der Waals surface area (Å²) in [5.74, 6) is 0.0339. The van der Waals surface area contributed by atoms with Crippen molar-refractivity contribution in [2.75, 3.05) is 6.61 Å². The highest BCUT2D eigenvalue weighted by atomic mass is 35.5. The van der Waals surface area contributed by atoms with Crippen molar-refractivity contribution in [2.24, 2.45) is 0 Å². The maximum atomic E-state index is 12.3. The van der Waals surface area contributed by atoms with Gasteiger partial charge in [0.2, 0.25) is 0 Å². The number of non-ortho nitro benzene ring substituents is 1. The number of hydrogen-bond donors (Lipinski definition) is 0. The highest BCUT2D eigenvalue weighted by Gasteiger charge is 2.13. The van der Waals surface area contributed by atoms with Crippen molar-refractivity contribution in [2.45, 2.75) is 0 Å². The van der Waals surface area contributed by atoms with E-state index in [1.54, 1.807) is 12.1 Å². The molecule has 0 amide bonds. The van der Waals surface area contributed by atoms with Crippen LogP contribution in [-0.2, 0) is 0 Å². The zero-order valence-corrected chi connectivity index (χ0v) is 13.2. The number of hydrogen-bond acceptors (Lipinski definition) is 4. The number of fused-ring (bicyclic) bond motifs is 1. The Kier molecular flexibility index (Phi) is 4.44. The lowest BCUT2D eigenvalue weighted by molar-refractivity contribution is -0.384. The van der Waals surface area contributed by atoms with E-state index >= 15 is 0 Å². The molecule has 0 aliphatic heterocycles. The van der Waals surface area contributed by atoms with E-state index in [-0.39, 0.29) is 28.8 Å². The lowest BCUT2D eigenvalue weighted by atomic mass is 10.0. The number of carbonyl (C=O) groups excluding carboxylic acids is 1. The minimum absolute atomic E-state index is 0.0931. The van der Waals surface area contributed by atoms with Crippen LogP contribution in [0.15, 0.2) is 60.7 Å². The number of ether oxygens (including phenoxy) is 1. The minimum Gasteiger partial charge on any atom is -0.484 e. The molecule has 0 spiro atoms. The number of nitro groups is 1. The fourth-order valence-corrected chi connectivity index (χ4v) is 2.54. The highest BCUT2D eigenvalue weighted by Crippen LogP contribution is 2.28. The summed E-state index contributed by atoms with van der Waals surface area (Å²) in [4.78, 5) is 22.4. The van der Waals surface area contributed by atoms with Gasteiger partial charge in [0.05, 0.1) is 9.95 Å². The molecular weight excluding hydrogens is 330 g/mol. The fourth-order valence-electron chi connectivity index (χ4n) is 2.31. The van der Waals surface area contributed by atoms with Gasteiger partial charge >= 0.3 is 0 Å². The Morgan fingerprint density at radius 2 is 1.79 bits per heavy atom. The molecule has 3 aromatic carbocycles. The quantitative estimate of drug-likeness (QED) is 0.384. The largest absolute Gasteiger partial charge is 0.484 e. The van der Waals surface area contributed by atoms with Crippen LogP contribution in [0.25, 0.3) is 10.8 Å². The number of nitrogens with zero attached hydrogens (tertiary/aromatic N) is 1. The second kappa shape index (κ2) is 6.68. The van der Waals surface area contributed by atoms with E-state index in [1.807, 2.05) is 30.3 Å². The van der Waals surface area contributed by atoms with Gasteiger partial charge in [0, 0.05) is 17.7 Å². The SMILES string of the molecule is O=C(COc1ccc([N+](=O)[O-])cc1Cl)c1ccc2ccccc2c1. The van der Waals surface area contributed by atoms with Crippen LogP contribution in [0.2, 0.25) is 5.02 Å². The zero-order valence-electron chi connectivity index (χ0n) is 12.4. The van der Waals surface area contributed by atoms with Gasteiger partial charge in [-0.3, -0.25) is 14.9 Å². The number of nitro benzene ring substituents is 1. The summed E-state index contributed by atoms with van der Waals surface area (Å²) < 4.78 is 5.40. The molecule has 0 saturated heterocycles. The van der Waals surface area contributed by atoms with Gasteiger partial charge in [-0.25, -0.2) is 0 Å².